The van der Waals surface area contributed by atoms with Crippen molar-refractivity contribution >= 4 is 66.4 Å². The van der Waals surface area contributed by atoms with Gasteiger partial charge in [0.15, 0.2) is 0 Å². The maximum Gasteiger partial charge on any atom is 0.143 e. The molecule has 0 radical (unpaired) electrons. The van der Waals surface area contributed by atoms with Crippen LogP contribution in [0.25, 0.3) is 43.1 Å². The number of hydrogen-bond acceptors (Lipinski definition) is 4. The van der Waals surface area contributed by atoms with Gasteiger partial charge in [0.05, 0.1) is 0 Å². The van der Waals surface area contributed by atoms with E-state index >= 15 is 0 Å². The van der Waals surface area contributed by atoms with Crippen LogP contribution in [0.15, 0.2) is 92.8 Å². The Morgan fingerprint density at radius 3 is 1.11 bits per heavy atom. The summed E-state index contributed by atoms with van der Waals surface area (Å²) in [5.74, 6) is 5.96. The summed E-state index contributed by atoms with van der Waals surface area (Å²) in [5.41, 5.74) is 6.42. The first-order valence-corrected chi connectivity index (χ1v) is 18.6. The molecule has 0 spiro atoms. The van der Waals surface area contributed by atoms with Crippen LogP contribution in [0.1, 0.15) is 84.6 Å². The van der Waals surface area contributed by atoms with Gasteiger partial charge in [-0.1, -0.05) is 141 Å². The Labute approximate surface area is 313 Å². The Kier molecular flexibility index (Phi) is 7.10. The second-order valence-corrected chi connectivity index (χ2v) is 17.5. The zero-order valence-corrected chi connectivity index (χ0v) is 32.3. The highest BCUT2D eigenvalue weighted by Crippen LogP contribution is 2.46. The first kappa shape index (κ1) is 33.6. The van der Waals surface area contributed by atoms with E-state index in [1.807, 2.05) is 36.4 Å². The van der Waals surface area contributed by atoms with Crippen LogP contribution >= 0.6 is 0 Å². The summed E-state index contributed by atoms with van der Waals surface area (Å²) >= 11 is 0. The molecular formula is C46H44N8. The molecule has 8 bridgehead atoms. The van der Waals surface area contributed by atoms with E-state index in [4.69, 9.17) is 26.4 Å². The Morgan fingerprint density at radius 2 is 0.741 bits per heavy atom. The average Bonchev–Trinajstić information content (AvgIpc) is 3.85. The quantitative estimate of drug-likeness (QED) is 0.113. The summed E-state index contributed by atoms with van der Waals surface area (Å²) in [7, 11) is 0. The third-order valence-electron chi connectivity index (χ3n) is 10.5. The van der Waals surface area contributed by atoms with E-state index in [0.29, 0.717) is 45.2 Å². The number of hydrogen-bond donors (Lipinski definition) is 4. The van der Waals surface area contributed by atoms with Gasteiger partial charge in [-0.15, -0.1) is 6.42 Å². The van der Waals surface area contributed by atoms with E-state index in [1.165, 1.54) is 11.1 Å². The molecule has 4 aromatic carbocycles. The van der Waals surface area contributed by atoms with Gasteiger partial charge in [-0.2, -0.15) is 0 Å². The molecule has 1 aliphatic rings. The zero-order valence-electron chi connectivity index (χ0n) is 32.3. The molecule has 0 aliphatic carbocycles. The fourth-order valence-corrected chi connectivity index (χ4v) is 8.43. The van der Waals surface area contributed by atoms with Crippen molar-refractivity contribution in [1.29, 1.82) is 0 Å². The van der Waals surface area contributed by atoms with E-state index in [9.17, 15) is 0 Å². The molecule has 9 rings (SSSR count). The fraction of sp³-hybridized carbons (Fsp3) is 0.261. The normalized spacial score (nSPS) is 13.5. The summed E-state index contributed by atoms with van der Waals surface area (Å²) in [6.45, 7) is 20.5. The van der Waals surface area contributed by atoms with E-state index in [-0.39, 0.29) is 16.2 Å². The molecule has 5 heterocycles. The predicted octanol–water partition coefficient (Wildman–Crippen LogP) is 9.60. The van der Waals surface area contributed by atoms with Crippen LogP contribution in [0.5, 0.6) is 0 Å². The number of aromatic amines is 4. The molecule has 4 N–H and O–H groups in total. The molecule has 8 heteroatoms. The van der Waals surface area contributed by atoms with Crippen molar-refractivity contribution in [2.75, 3.05) is 0 Å². The summed E-state index contributed by atoms with van der Waals surface area (Å²) in [6.07, 6.45) is 6.63. The molecule has 8 nitrogen and oxygen atoms in total. The van der Waals surface area contributed by atoms with Crippen molar-refractivity contribution in [2.45, 2.75) is 78.6 Å². The summed E-state index contributed by atoms with van der Waals surface area (Å²) in [4.78, 5) is 35.8. The second-order valence-electron chi connectivity index (χ2n) is 17.5. The van der Waals surface area contributed by atoms with Crippen LogP contribution < -0.4 is 22.0 Å². The van der Waals surface area contributed by atoms with E-state index in [2.05, 4.69) is 125 Å². The average molecular weight is 709 g/mol. The molecule has 0 amide bonds. The Hall–Kier alpha value is -6.20. The predicted molar refractivity (Wildman–Crippen MR) is 220 cm³/mol. The Morgan fingerprint density at radius 1 is 0.407 bits per heavy atom. The van der Waals surface area contributed by atoms with Crippen LogP contribution in [-0.2, 0) is 16.2 Å². The van der Waals surface area contributed by atoms with Crippen molar-refractivity contribution in [3.63, 3.8) is 0 Å². The molecule has 0 saturated carbocycles. The third-order valence-corrected chi connectivity index (χ3v) is 10.5. The van der Waals surface area contributed by atoms with Crippen LogP contribution in [0.3, 0.4) is 0 Å². The van der Waals surface area contributed by atoms with E-state index < -0.39 is 0 Å². The lowest BCUT2D eigenvalue weighted by molar-refractivity contribution is 0.500. The number of aromatic nitrogens is 4. The molecule has 268 valence electrons. The molecule has 1 aliphatic heterocycles. The second kappa shape index (κ2) is 11.4. The Balaban J connectivity index is 1.58. The molecule has 54 heavy (non-hydrogen) atoms. The van der Waals surface area contributed by atoms with E-state index in [0.717, 1.165) is 54.2 Å². The monoisotopic (exact) mass is 708 g/mol. The van der Waals surface area contributed by atoms with Gasteiger partial charge in [0.1, 0.15) is 45.2 Å². The smallest absolute Gasteiger partial charge is 0.143 e. The number of fused-ring (bicyclic) bond motifs is 20. The maximum absolute atomic E-state index is 6.63. The van der Waals surface area contributed by atoms with Gasteiger partial charge in [-0.05, 0) is 32.9 Å². The lowest BCUT2D eigenvalue weighted by atomic mass is 9.66. The van der Waals surface area contributed by atoms with Crippen LogP contribution in [-0.4, -0.2) is 19.9 Å². The molecule has 0 saturated heterocycles. The van der Waals surface area contributed by atoms with Crippen molar-refractivity contribution in [2.24, 2.45) is 20.0 Å². The van der Waals surface area contributed by atoms with Crippen molar-refractivity contribution in [1.82, 2.24) is 19.9 Å². The Bertz CT molecular complexity index is 3170. The minimum absolute atomic E-state index is 0.235. The maximum atomic E-state index is 6.63. The topological polar surface area (TPSA) is 113 Å². The van der Waals surface area contributed by atoms with E-state index in [1.54, 1.807) is 0 Å². The number of terminal acetylenes is 1. The highest BCUT2D eigenvalue weighted by atomic mass is 15.1. The van der Waals surface area contributed by atoms with Gasteiger partial charge >= 0.3 is 0 Å². The minimum Gasteiger partial charge on any atom is -0.324 e. The molecule has 4 aromatic heterocycles. The van der Waals surface area contributed by atoms with Crippen LogP contribution in [0.4, 0.5) is 23.3 Å². The largest absolute Gasteiger partial charge is 0.324 e. The van der Waals surface area contributed by atoms with Gasteiger partial charge in [0.2, 0.25) is 0 Å². The van der Waals surface area contributed by atoms with Crippen LogP contribution in [0.2, 0.25) is 0 Å². The molecule has 0 unspecified atom stereocenters. The van der Waals surface area contributed by atoms with Gasteiger partial charge in [0, 0.05) is 48.7 Å². The molecule has 8 aromatic rings. The first-order chi connectivity index (χ1) is 25.6. The van der Waals surface area contributed by atoms with Gasteiger partial charge in [0.25, 0.3) is 0 Å². The number of nitrogens with one attached hydrogen (secondary N) is 4. The fourth-order valence-electron chi connectivity index (χ4n) is 8.43. The SMILES string of the molecule is C#Cc1c(C(C)(C)C)c(C(C)(C)C)c(C(C)(C)C)c2c3[nH]c(c12)=Nc1[nH]c(c2ccccc12)N=c1[nH]c(c2ccccc12)=Nc1[nH]c(c2ccccc12)N=3. The lowest BCUT2D eigenvalue weighted by Crippen LogP contribution is -2.30. The molecule has 0 fully saturated rings. The standard InChI is InChI=1S/C46H44N8/c1-11-24-31-32(34(45(5,6)7)35(46(8,9)10)33(24)44(2,3)4)43-53-41-30-23-17-15-21-28(30)39(51-41)49-37-26-19-13-12-18-25(26)36(47-37)48-38-27-20-14-16-22-29(27)40(50-38)52-42(31)54-43/h1,12-23H,2-10H3,(H4,47,48,49,50,51,52,53,54). The number of nitrogens with zero attached hydrogens (tertiary/aromatic N) is 4. The lowest BCUT2D eigenvalue weighted by Gasteiger charge is -2.38. The first-order valence-electron chi connectivity index (χ1n) is 18.6. The molecule has 0 atom stereocenters. The van der Waals surface area contributed by atoms with Crippen LogP contribution in [0, 0.1) is 12.3 Å². The summed E-state index contributed by atoms with van der Waals surface area (Å²) in [6, 6.07) is 24.6. The highest BCUT2D eigenvalue weighted by molar-refractivity contribution is 6.02. The van der Waals surface area contributed by atoms with Gasteiger partial charge in [-0.25, -0.2) is 20.0 Å². The third kappa shape index (κ3) is 5.06. The van der Waals surface area contributed by atoms with Crippen molar-refractivity contribution < 1.29 is 0 Å². The van der Waals surface area contributed by atoms with Gasteiger partial charge < -0.3 is 19.9 Å². The number of H-pyrrole nitrogens is 4. The molecular weight excluding hydrogens is 665 g/mol. The van der Waals surface area contributed by atoms with Crippen molar-refractivity contribution in [3.05, 3.63) is 117 Å². The number of benzene rings is 4. The minimum atomic E-state index is -0.286. The summed E-state index contributed by atoms with van der Waals surface area (Å²) in [5, 5.41) is 7.63. The van der Waals surface area contributed by atoms with Crippen molar-refractivity contribution in [3.8, 4) is 12.3 Å². The zero-order chi connectivity index (χ0) is 37.9. The van der Waals surface area contributed by atoms with Gasteiger partial charge in [-0.3, -0.25) is 0 Å². The highest BCUT2D eigenvalue weighted by Gasteiger charge is 2.37. The summed E-state index contributed by atoms with van der Waals surface area (Å²) < 4.78 is 0. The number of rotatable bonds is 0.